The highest BCUT2D eigenvalue weighted by Crippen LogP contribution is 2.44. The summed E-state index contributed by atoms with van der Waals surface area (Å²) >= 11 is 3.52. The summed E-state index contributed by atoms with van der Waals surface area (Å²) in [5.74, 6) is 6.63. The van der Waals surface area contributed by atoms with E-state index in [1.54, 1.807) is 23.1 Å². The van der Waals surface area contributed by atoms with Gasteiger partial charge in [-0.05, 0) is 29.7 Å². The molecule has 6 nitrogen and oxygen atoms in total. The van der Waals surface area contributed by atoms with Crippen LogP contribution in [0.1, 0.15) is 5.01 Å². The summed E-state index contributed by atoms with van der Waals surface area (Å²) in [6.45, 7) is 0. The van der Waals surface area contributed by atoms with Crippen molar-refractivity contribution in [3.05, 3.63) is 76.8 Å². The zero-order chi connectivity index (χ0) is 22.9. The van der Waals surface area contributed by atoms with Crippen LogP contribution in [0.3, 0.4) is 0 Å². The van der Waals surface area contributed by atoms with E-state index in [0.29, 0.717) is 0 Å². The highest BCUT2D eigenvalue weighted by atomic mass is 35.7. The number of allylic oxidation sites excluding steroid dienone is 1. The Kier molecular flexibility index (Phi) is 6.42. The molecule has 0 unspecified atom stereocenters. The number of thiazole rings is 1. The Labute approximate surface area is 195 Å². The molecule has 0 saturated carbocycles. The molecule has 1 aliphatic heterocycles. The third-order valence-electron chi connectivity index (χ3n) is 4.86. The maximum Gasteiger partial charge on any atom is 0.315 e. The van der Waals surface area contributed by atoms with Crippen molar-refractivity contribution in [1.82, 2.24) is 0 Å². The number of fused-ring (bicyclic) bond motifs is 4. The van der Waals surface area contributed by atoms with Gasteiger partial charge < -0.3 is 4.90 Å². The largest absolute Gasteiger partial charge is 0.338 e. The van der Waals surface area contributed by atoms with E-state index in [0.717, 1.165) is 10.0 Å². The first kappa shape index (κ1) is 22.6. The van der Waals surface area contributed by atoms with E-state index in [2.05, 4.69) is 96.1 Å². The van der Waals surface area contributed by atoms with Gasteiger partial charge >= 0.3 is 5.01 Å². The molecular weight excluding hydrogens is 468 g/mol. The summed E-state index contributed by atoms with van der Waals surface area (Å²) in [7, 11) is -0.743. The molecule has 4 aromatic rings. The summed E-state index contributed by atoms with van der Waals surface area (Å²) in [5, 5.41) is 4.78. The molecule has 0 spiro atoms. The number of para-hydroxylation sites is 1. The summed E-state index contributed by atoms with van der Waals surface area (Å²) in [6, 6.07) is 21.4. The zero-order valence-corrected chi connectivity index (χ0v) is 19.5. The average molecular weight is 485 g/mol. The van der Waals surface area contributed by atoms with Crippen molar-refractivity contribution in [3.63, 3.8) is 0 Å². The number of aryl methyl sites for hydroxylation is 1. The fraction of sp³-hybridized carbons (Fsp3) is 0.0870. The van der Waals surface area contributed by atoms with Crippen LogP contribution >= 0.6 is 23.1 Å². The predicted molar refractivity (Wildman–Crippen MR) is 116 cm³/mol. The number of benzene rings is 3. The Morgan fingerprint density at radius 2 is 1.66 bits per heavy atom. The molecule has 0 aliphatic carbocycles. The summed E-state index contributed by atoms with van der Waals surface area (Å²) in [5.41, 5.74) is 2.50. The second kappa shape index (κ2) is 9.10. The standard InChI is InChI=1S/C23H17N2S2.ClHO4/c1-24-18-10-5-6-11-19(18)26-21(24)12-7-13-22-25(2)23-17-9-4-3-8-16(17)14-15-20(23)27-22;2-1(3,4)5/h3-6,8-12,14-15H,1-2H3;(H,2,3,4,5)/q+1;/p-1. The Bertz CT molecular complexity index is 1390. The number of nitrogens with zero attached hydrogens (tertiary/aromatic N) is 2. The molecule has 2 heterocycles. The number of halogens is 1. The lowest BCUT2D eigenvalue weighted by Crippen LogP contribution is -2.68. The Morgan fingerprint density at radius 3 is 2.41 bits per heavy atom. The van der Waals surface area contributed by atoms with Gasteiger partial charge in [0.15, 0.2) is 0 Å². The van der Waals surface area contributed by atoms with Crippen molar-refractivity contribution in [3.8, 4) is 11.8 Å². The molecule has 3 aromatic carbocycles. The second-order valence-corrected chi connectivity index (χ2v) is 9.71. The number of anilines is 1. The van der Waals surface area contributed by atoms with Gasteiger partial charge in [0, 0.05) is 23.9 Å². The molecule has 0 N–H and O–H groups in total. The second-order valence-electron chi connectivity index (χ2n) is 6.86. The lowest BCUT2D eigenvalue weighted by atomic mass is 10.1. The van der Waals surface area contributed by atoms with Crippen LogP contribution in [0.5, 0.6) is 0 Å². The van der Waals surface area contributed by atoms with Crippen LogP contribution in [0.15, 0.2) is 76.7 Å². The van der Waals surface area contributed by atoms with E-state index in [1.165, 1.54) is 31.6 Å². The van der Waals surface area contributed by atoms with Gasteiger partial charge in [0.1, 0.15) is 11.7 Å². The fourth-order valence-corrected chi connectivity index (χ4v) is 5.51. The highest BCUT2D eigenvalue weighted by molar-refractivity contribution is 8.03. The first-order valence-electron chi connectivity index (χ1n) is 9.37. The van der Waals surface area contributed by atoms with Crippen molar-refractivity contribution >= 4 is 49.8 Å². The minimum Gasteiger partial charge on any atom is -0.338 e. The molecule has 32 heavy (non-hydrogen) atoms. The number of hydrogen-bond acceptors (Lipinski definition) is 7. The zero-order valence-electron chi connectivity index (χ0n) is 17.1. The Morgan fingerprint density at radius 1 is 0.969 bits per heavy atom. The number of rotatable bonds is 0. The third kappa shape index (κ3) is 4.90. The van der Waals surface area contributed by atoms with Crippen molar-refractivity contribution in [2.45, 2.75) is 4.90 Å². The van der Waals surface area contributed by atoms with Crippen LogP contribution in [0.25, 0.3) is 21.0 Å². The molecule has 1 aliphatic rings. The van der Waals surface area contributed by atoms with Gasteiger partial charge in [-0.25, -0.2) is 18.6 Å². The van der Waals surface area contributed by atoms with Gasteiger partial charge in [-0.1, -0.05) is 65.4 Å². The van der Waals surface area contributed by atoms with Gasteiger partial charge in [-0.3, -0.25) is 0 Å². The molecule has 1 aromatic heterocycles. The number of aromatic nitrogens is 1. The normalized spacial score (nSPS) is 14.2. The monoisotopic (exact) mass is 484 g/mol. The SMILES string of the molecule is CN1C(=CC#Cc2sc3ccc4ccccc4c3[n+]2C)Sc2ccccc21.[O-][Cl+3]([O-])([O-])[O-]. The van der Waals surface area contributed by atoms with Gasteiger partial charge in [0.25, 0.3) is 0 Å². The van der Waals surface area contributed by atoms with Crippen LogP contribution in [-0.2, 0) is 7.05 Å². The van der Waals surface area contributed by atoms with Crippen LogP contribution < -0.4 is 28.1 Å². The molecule has 0 atom stereocenters. The molecule has 9 heteroatoms. The van der Waals surface area contributed by atoms with E-state index < -0.39 is 10.2 Å². The van der Waals surface area contributed by atoms with Crippen molar-refractivity contribution in [1.29, 1.82) is 0 Å². The van der Waals surface area contributed by atoms with Crippen LogP contribution in [0, 0.1) is 22.1 Å². The van der Waals surface area contributed by atoms with Gasteiger partial charge in [-0.15, -0.1) is 10.2 Å². The maximum absolute atomic E-state index is 8.49. The Hall–Kier alpha value is -2.61. The van der Waals surface area contributed by atoms with E-state index in [9.17, 15) is 0 Å². The summed E-state index contributed by atoms with van der Waals surface area (Å²) < 4.78 is 37.5. The smallest absolute Gasteiger partial charge is 0.315 e. The van der Waals surface area contributed by atoms with Crippen LogP contribution in [0.2, 0.25) is 0 Å². The number of hydrogen-bond donors (Lipinski definition) is 0. The molecule has 5 rings (SSSR count). The number of thioether (sulfide) groups is 1. The molecule has 162 valence electrons. The van der Waals surface area contributed by atoms with Crippen molar-refractivity contribution in [2.75, 3.05) is 11.9 Å². The lowest BCUT2D eigenvalue weighted by Gasteiger charge is -2.17. The minimum absolute atomic E-state index is 1.07. The molecule has 0 bridgehead atoms. The third-order valence-corrected chi connectivity index (χ3v) is 7.14. The first-order chi connectivity index (χ1) is 15.2. The van der Waals surface area contributed by atoms with Gasteiger partial charge in [0.05, 0.1) is 16.1 Å². The average Bonchev–Trinajstić information content (AvgIpc) is 3.24. The molecule has 0 radical (unpaired) electrons. The van der Waals surface area contributed by atoms with E-state index in [-0.39, 0.29) is 0 Å². The minimum atomic E-state index is -4.94. The van der Waals surface area contributed by atoms with E-state index >= 15 is 0 Å². The molecule has 0 saturated heterocycles. The molecular formula is C23H17ClN2O4S2. The maximum atomic E-state index is 8.49. The molecule has 0 fully saturated rings. The van der Waals surface area contributed by atoms with Crippen LogP contribution in [-0.4, -0.2) is 7.05 Å². The Balaban J connectivity index is 0.000000444. The van der Waals surface area contributed by atoms with Gasteiger partial charge in [-0.2, -0.15) is 4.57 Å². The lowest BCUT2D eigenvalue weighted by molar-refractivity contribution is -2.00. The van der Waals surface area contributed by atoms with E-state index in [1.807, 2.05) is 6.08 Å². The fourth-order valence-electron chi connectivity index (χ4n) is 3.45. The van der Waals surface area contributed by atoms with Crippen LogP contribution in [0.4, 0.5) is 5.69 Å². The van der Waals surface area contributed by atoms with Crippen molar-refractivity contribution < 1.29 is 33.4 Å². The highest BCUT2D eigenvalue weighted by Gasteiger charge is 2.21. The summed E-state index contributed by atoms with van der Waals surface area (Å²) in [6.07, 6.45) is 2.02. The van der Waals surface area contributed by atoms with Crippen molar-refractivity contribution in [2.24, 2.45) is 7.05 Å². The predicted octanol–water partition coefficient (Wildman–Crippen LogP) is 0.558. The van der Waals surface area contributed by atoms with E-state index in [4.69, 9.17) is 18.6 Å². The first-order valence-corrected chi connectivity index (χ1v) is 12.2. The molecule has 0 amide bonds. The van der Waals surface area contributed by atoms with Gasteiger partial charge in [0.2, 0.25) is 5.52 Å². The summed E-state index contributed by atoms with van der Waals surface area (Å²) in [4.78, 5) is 3.49. The quantitative estimate of drug-likeness (QED) is 0.267. The topological polar surface area (TPSA) is 99.4 Å².